The van der Waals surface area contributed by atoms with Gasteiger partial charge in [0.2, 0.25) is 0 Å². The largest absolute Gasteiger partial charge is 0.375 e. The molecule has 16 rings (SSSR count). The molecule has 40 heavy (non-hydrogen) atoms. The minimum atomic E-state index is 0.677. The van der Waals surface area contributed by atoms with E-state index in [2.05, 4.69) is 4.90 Å². The Morgan fingerprint density at radius 2 is 0.450 bits per heavy atom. The molecule has 11 saturated carbocycles. The molecule has 0 radical (unpaired) electrons. The summed E-state index contributed by atoms with van der Waals surface area (Å²) in [5, 5.41) is 0. The first-order valence-corrected chi connectivity index (χ1v) is 19.0. The van der Waals surface area contributed by atoms with Crippen molar-refractivity contribution in [2.45, 2.75) is 141 Å². The van der Waals surface area contributed by atoms with E-state index in [1.807, 2.05) is 0 Å². The third-order valence-electron chi connectivity index (χ3n) is 15.0. The van der Waals surface area contributed by atoms with Crippen LogP contribution in [0.25, 0.3) is 0 Å². The van der Waals surface area contributed by atoms with Crippen molar-refractivity contribution in [3.8, 4) is 0 Å². The van der Waals surface area contributed by atoms with Crippen LogP contribution in [-0.4, -0.2) is 36.7 Å². The first-order valence-electron chi connectivity index (χ1n) is 19.0. The summed E-state index contributed by atoms with van der Waals surface area (Å²) in [5.74, 6) is 14.8. The summed E-state index contributed by atoms with van der Waals surface area (Å²) in [7, 11) is 0. The fourth-order valence-electron chi connectivity index (χ4n) is 14.7. The Morgan fingerprint density at radius 3 is 0.650 bits per heavy atom. The first-order chi connectivity index (χ1) is 19.6. The topological polar surface area (TPSA) is 12.5 Å². The van der Waals surface area contributed by atoms with E-state index in [1.165, 1.54) is 99.1 Å². The van der Waals surface area contributed by atoms with Crippen molar-refractivity contribution in [2.75, 3.05) is 19.6 Å². The van der Waals surface area contributed by atoms with Crippen molar-refractivity contribution in [3.63, 3.8) is 0 Å². The molecule has 0 unspecified atom stereocenters. The Labute approximate surface area is 246 Å². The Morgan fingerprint density at radius 1 is 0.250 bits per heavy atom. The van der Waals surface area contributed by atoms with Crippen LogP contribution in [0.4, 0.5) is 0 Å². The quantitative estimate of drug-likeness (QED) is 0.300. The van der Waals surface area contributed by atoms with Crippen molar-refractivity contribution < 1.29 is 4.74 Å². The lowest BCUT2D eigenvalue weighted by molar-refractivity contribution is -0.154. The number of rotatable bonds is 0. The number of piperidine rings is 3. The normalized spacial score (nSPS) is 57.6. The van der Waals surface area contributed by atoms with Crippen molar-refractivity contribution in [1.29, 1.82) is 0 Å². The summed E-state index contributed by atoms with van der Waals surface area (Å²) in [4.78, 5) is 2.69. The molecule has 0 aromatic heterocycles. The second-order valence-electron chi connectivity index (χ2n) is 18.6. The SMILES string of the molecule is C1C2CC3CC1CC(C2)C3.C1C2CC3CC1CC(C2)C3.C1C2CC3CC1CC(C2)O3.C1C2CC3CC1CN(C2)C3. The predicted molar refractivity (Wildman–Crippen MR) is 163 cm³/mol. The van der Waals surface area contributed by atoms with E-state index in [1.54, 1.807) is 96.3 Å². The highest BCUT2D eigenvalue weighted by Crippen LogP contribution is 2.54. The molecule has 16 aliphatic rings. The molecule has 0 spiro atoms. The van der Waals surface area contributed by atoms with E-state index >= 15 is 0 Å². The number of ether oxygens (including phenoxy) is 1. The highest BCUT2D eigenvalue weighted by molar-refractivity contribution is 4.95. The average molecular weight is 548 g/mol. The molecular formula is C38H61NO. The Kier molecular flexibility index (Phi) is 7.12. The Bertz CT molecular complexity index is 524. The standard InChI is InChI=1S/2C10H16.C9H15N.C9H14O/c2*1-7-2-9-4-8(1)5-10(3-7)6-9;1-7-2-9-3-8(1)5-10(4-7)6-9;1-6-2-8-4-7(1)5-9(3-6)10-8/h2*7-10H,1-6H2;7-9H,1-6H2;6-9H,1-5H2. The molecule has 16 bridgehead atoms. The average Bonchev–Trinajstić information content (AvgIpc) is 2.87. The number of hydrogen-bond acceptors (Lipinski definition) is 2. The van der Waals surface area contributed by atoms with Crippen molar-refractivity contribution in [2.24, 2.45) is 76.9 Å². The highest BCUT2D eigenvalue weighted by Gasteiger charge is 2.44. The maximum absolute atomic E-state index is 5.82. The summed E-state index contributed by atoms with van der Waals surface area (Å²) in [5.41, 5.74) is 0. The molecule has 5 heterocycles. The van der Waals surface area contributed by atoms with Crippen LogP contribution >= 0.6 is 0 Å². The zero-order valence-electron chi connectivity index (χ0n) is 25.8. The molecule has 0 amide bonds. The van der Waals surface area contributed by atoms with Crippen LogP contribution < -0.4 is 0 Å². The summed E-state index contributed by atoms with van der Waals surface area (Å²) in [6, 6.07) is 0. The lowest BCUT2D eigenvalue weighted by atomic mass is 9.56. The van der Waals surface area contributed by atoms with Gasteiger partial charge in [-0.3, -0.25) is 0 Å². The van der Waals surface area contributed by atoms with Crippen molar-refractivity contribution in [1.82, 2.24) is 4.90 Å². The third-order valence-corrected chi connectivity index (χ3v) is 15.0. The molecule has 0 atom stereocenters. The smallest absolute Gasteiger partial charge is 0.0584 e. The first kappa shape index (κ1) is 26.3. The van der Waals surface area contributed by atoms with E-state index in [-0.39, 0.29) is 0 Å². The van der Waals surface area contributed by atoms with Gasteiger partial charge >= 0.3 is 0 Å². The van der Waals surface area contributed by atoms with Gasteiger partial charge in [0.05, 0.1) is 12.2 Å². The third kappa shape index (κ3) is 5.62. The zero-order chi connectivity index (χ0) is 26.2. The monoisotopic (exact) mass is 547 g/mol. The maximum Gasteiger partial charge on any atom is 0.0584 e. The van der Waals surface area contributed by atoms with Gasteiger partial charge in [-0.2, -0.15) is 0 Å². The summed E-state index contributed by atoms with van der Waals surface area (Å²) < 4.78 is 5.82. The van der Waals surface area contributed by atoms with E-state index in [9.17, 15) is 0 Å². The second-order valence-corrected chi connectivity index (χ2v) is 18.6. The fourth-order valence-corrected chi connectivity index (χ4v) is 14.7. The second kappa shape index (κ2) is 10.8. The van der Waals surface area contributed by atoms with Crippen LogP contribution in [0.5, 0.6) is 0 Å². The molecule has 16 fully saturated rings. The molecular weight excluding hydrogens is 486 g/mol. The number of nitrogens with zero attached hydrogens (tertiary/aromatic N) is 1. The van der Waals surface area contributed by atoms with E-state index in [4.69, 9.17) is 4.74 Å². The van der Waals surface area contributed by atoms with Gasteiger partial charge in [0.15, 0.2) is 0 Å². The fraction of sp³-hybridized carbons (Fsp3) is 1.00. The van der Waals surface area contributed by atoms with Crippen LogP contribution in [0.3, 0.4) is 0 Å². The van der Waals surface area contributed by atoms with Gasteiger partial charge in [-0.15, -0.1) is 0 Å². The molecule has 11 aliphatic carbocycles. The minimum Gasteiger partial charge on any atom is -0.375 e. The van der Waals surface area contributed by atoms with Gasteiger partial charge in [0.25, 0.3) is 0 Å². The van der Waals surface area contributed by atoms with Gasteiger partial charge in [-0.25, -0.2) is 0 Å². The molecule has 5 aliphatic heterocycles. The van der Waals surface area contributed by atoms with Gasteiger partial charge < -0.3 is 9.64 Å². The molecule has 2 heteroatoms. The zero-order valence-corrected chi connectivity index (χ0v) is 25.8. The van der Waals surface area contributed by atoms with Gasteiger partial charge in [0, 0.05) is 19.6 Å². The predicted octanol–water partition coefficient (Wildman–Crippen LogP) is 8.98. The Balaban J connectivity index is 0.0000000768. The van der Waals surface area contributed by atoms with Crippen LogP contribution in [0.15, 0.2) is 0 Å². The van der Waals surface area contributed by atoms with Crippen molar-refractivity contribution in [3.05, 3.63) is 0 Å². The summed E-state index contributed by atoms with van der Waals surface area (Å²) >= 11 is 0. The lowest BCUT2D eigenvalue weighted by Gasteiger charge is -2.51. The molecule has 2 nitrogen and oxygen atoms in total. The van der Waals surface area contributed by atoms with E-state index < -0.39 is 0 Å². The summed E-state index contributed by atoms with van der Waals surface area (Å²) in [6.45, 7) is 4.31. The van der Waals surface area contributed by atoms with Crippen LogP contribution in [0.1, 0.15) is 128 Å². The lowest BCUT2D eigenvalue weighted by Crippen LogP contribution is -2.53. The molecule has 224 valence electrons. The number of hydrogen-bond donors (Lipinski definition) is 0. The van der Waals surface area contributed by atoms with Crippen LogP contribution in [-0.2, 0) is 4.74 Å². The van der Waals surface area contributed by atoms with Gasteiger partial charge in [-0.1, -0.05) is 0 Å². The maximum atomic E-state index is 5.82. The van der Waals surface area contributed by atoms with E-state index in [0.29, 0.717) is 12.2 Å². The van der Waals surface area contributed by atoms with Gasteiger partial charge in [-0.05, 0) is 205 Å². The molecule has 0 aromatic carbocycles. The molecule has 0 N–H and O–H groups in total. The minimum absolute atomic E-state index is 0.677. The van der Waals surface area contributed by atoms with Crippen LogP contribution in [0, 0.1) is 76.9 Å². The molecule has 5 saturated heterocycles. The van der Waals surface area contributed by atoms with Crippen molar-refractivity contribution >= 4 is 0 Å². The summed E-state index contributed by atoms with van der Waals surface area (Å²) in [6.07, 6.45) is 32.3. The Hall–Kier alpha value is -0.0800. The highest BCUT2D eigenvalue weighted by atomic mass is 16.5. The van der Waals surface area contributed by atoms with E-state index in [0.717, 1.165) is 29.6 Å². The molecule has 0 aromatic rings. The van der Waals surface area contributed by atoms with Crippen LogP contribution in [0.2, 0.25) is 0 Å². The van der Waals surface area contributed by atoms with Gasteiger partial charge in [0.1, 0.15) is 0 Å².